The molecule has 0 unspecified atom stereocenters. The van der Waals surface area contributed by atoms with E-state index in [0.717, 1.165) is 23.1 Å². The smallest absolute Gasteiger partial charge is 0.416 e. The maximum Gasteiger partial charge on any atom is 0.416 e. The van der Waals surface area contributed by atoms with Crippen LogP contribution in [0.3, 0.4) is 0 Å². The van der Waals surface area contributed by atoms with E-state index >= 15 is 0 Å². The number of carbonyl (C=O) groups is 2. The Hall–Kier alpha value is -4.27. The molecule has 0 bridgehead atoms. The molecule has 1 heterocycles. The fraction of sp³-hybridized carbons (Fsp3) is 0.154. The molecule has 1 aliphatic rings. The molecule has 3 aromatic carbocycles. The second kappa shape index (κ2) is 9.17. The summed E-state index contributed by atoms with van der Waals surface area (Å²) >= 11 is 0. The van der Waals surface area contributed by atoms with Gasteiger partial charge in [-0.2, -0.15) is 13.2 Å². The fourth-order valence-electron chi connectivity index (χ4n) is 4.02. The highest BCUT2D eigenvalue weighted by Crippen LogP contribution is 2.45. The third-order valence-corrected chi connectivity index (χ3v) is 5.67. The zero-order valence-corrected chi connectivity index (χ0v) is 18.7. The van der Waals surface area contributed by atoms with Gasteiger partial charge >= 0.3 is 6.18 Å². The Balaban J connectivity index is 1.97. The van der Waals surface area contributed by atoms with Gasteiger partial charge in [0.1, 0.15) is 5.76 Å². The number of aliphatic hydroxyl groups excluding tert-OH is 1. The highest BCUT2D eigenvalue weighted by atomic mass is 19.4. The molecule has 3 aromatic rings. The number of ether oxygens (including phenoxy) is 2. The molecule has 1 N–H and O–H groups in total. The summed E-state index contributed by atoms with van der Waals surface area (Å²) < 4.78 is 50.8. The lowest BCUT2D eigenvalue weighted by Crippen LogP contribution is -2.29. The normalized spacial score (nSPS) is 17.5. The molecule has 9 heteroatoms. The summed E-state index contributed by atoms with van der Waals surface area (Å²) in [5.41, 5.74) is -0.776. The van der Waals surface area contributed by atoms with Gasteiger partial charge in [0, 0.05) is 11.3 Å². The standard InChI is InChI=1S/C26H20F3NO5/c1-34-19-12-11-16(13-20(19)35-2)22-21(23(31)15-7-4-3-5-8-15)24(32)25(33)30(22)18-10-6-9-17(14-18)26(27,28)29/h3-14,22,31H,1-2H3/t22-/m0/s1. The van der Waals surface area contributed by atoms with Crippen molar-refractivity contribution in [1.82, 2.24) is 0 Å². The summed E-state index contributed by atoms with van der Waals surface area (Å²) in [5.74, 6) is -1.89. The van der Waals surface area contributed by atoms with Crippen molar-refractivity contribution in [3.63, 3.8) is 0 Å². The van der Waals surface area contributed by atoms with Gasteiger partial charge in [-0.1, -0.05) is 42.5 Å². The highest BCUT2D eigenvalue weighted by molar-refractivity contribution is 6.51. The van der Waals surface area contributed by atoms with Crippen molar-refractivity contribution in [2.75, 3.05) is 19.1 Å². The second-order valence-corrected chi connectivity index (χ2v) is 7.70. The molecule has 35 heavy (non-hydrogen) atoms. The molecule has 0 spiro atoms. The molecule has 0 saturated carbocycles. The van der Waals surface area contributed by atoms with Gasteiger partial charge in [0.05, 0.1) is 31.4 Å². The molecule has 1 aliphatic heterocycles. The minimum atomic E-state index is -4.66. The number of alkyl halides is 3. The van der Waals surface area contributed by atoms with Crippen LogP contribution in [-0.2, 0) is 15.8 Å². The number of amides is 1. The lowest BCUT2D eigenvalue weighted by Gasteiger charge is -2.26. The van der Waals surface area contributed by atoms with Gasteiger partial charge in [0.25, 0.3) is 11.7 Å². The number of rotatable bonds is 5. The van der Waals surface area contributed by atoms with Crippen LogP contribution in [0.5, 0.6) is 11.5 Å². The summed E-state index contributed by atoms with van der Waals surface area (Å²) in [4.78, 5) is 27.3. The summed E-state index contributed by atoms with van der Waals surface area (Å²) in [7, 11) is 2.83. The summed E-state index contributed by atoms with van der Waals surface area (Å²) in [6.45, 7) is 0. The number of Topliss-reactive ketones (excluding diaryl/α,β-unsaturated/α-hetero) is 1. The van der Waals surface area contributed by atoms with Crippen molar-refractivity contribution in [1.29, 1.82) is 0 Å². The van der Waals surface area contributed by atoms with Crippen LogP contribution in [0.25, 0.3) is 5.76 Å². The maximum absolute atomic E-state index is 13.4. The predicted molar refractivity (Wildman–Crippen MR) is 122 cm³/mol. The Labute approximate surface area is 198 Å². The zero-order valence-electron chi connectivity index (χ0n) is 18.7. The van der Waals surface area contributed by atoms with Gasteiger partial charge in [-0.15, -0.1) is 0 Å². The average Bonchev–Trinajstić information content (AvgIpc) is 3.13. The van der Waals surface area contributed by atoms with Gasteiger partial charge in [-0.25, -0.2) is 0 Å². The summed E-state index contributed by atoms with van der Waals surface area (Å²) in [5, 5.41) is 11.1. The molecule has 1 atom stereocenters. The van der Waals surface area contributed by atoms with Crippen LogP contribution in [0.15, 0.2) is 78.4 Å². The fourth-order valence-corrected chi connectivity index (χ4v) is 4.02. The molecule has 1 fully saturated rings. The van der Waals surface area contributed by atoms with E-state index < -0.39 is 35.2 Å². The van der Waals surface area contributed by atoms with Gasteiger partial charge in [0.2, 0.25) is 0 Å². The first kappa shape index (κ1) is 23.9. The number of halogens is 3. The molecule has 1 amide bonds. The Morgan fingerprint density at radius 2 is 1.57 bits per heavy atom. The molecular formula is C26H20F3NO5. The van der Waals surface area contributed by atoms with Crippen molar-refractivity contribution in [2.45, 2.75) is 12.2 Å². The van der Waals surface area contributed by atoms with Crippen LogP contribution in [0, 0.1) is 0 Å². The quantitative estimate of drug-likeness (QED) is 0.301. The molecule has 0 aliphatic carbocycles. The number of nitrogens with zero attached hydrogens (tertiary/aromatic N) is 1. The minimum Gasteiger partial charge on any atom is -0.507 e. The molecule has 1 saturated heterocycles. The van der Waals surface area contributed by atoms with E-state index in [1.807, 2.05) is 0 Å². The van der Waals surface area contributed by atoms with Gasteiger partial charge in [-0.05, 0) is 35.9 Å². The molecule has 4 rings (SSSR count). The average molecular weight is 483 g/mol. The first-order chi connectivity index (χ1) is 16.7. The maximum atomic E-state index is 13.4. The highest BCUT2D eigenvalue weighted by Gasteiger charge is 2.47. The van der Waals surface area contributed by atoms with Gasteiger partial charge < -0.3 is 14.6 Å². The molecule has 6 nitrogen and oxygen atoms in total. The second-order valence-electron chi connectivity index (χ2n) is 7.70. The number of benzene rings is 3. The largest absolute Gasteiger partial charge is 0.507 e. The molecule has 0 radical (unpaired) electrons. The van der Waals surface area contributed by atoms with Crippen LogP contribution < -0.4 is 14.4 Å². The first-order valence-corrected chi connectivity index (χ1v) is 10.4. The lowest BCUT2D eigenvalue weighted by molar-refractivity contribution is -0.137. The van der Waals surface area contributed by atoms with Crippen molar-refractivity contribution < 1.29 is 37.3 Å². The van der Waals surface area contributed by atoms with Crippen LogP contribution in [0.4, 0.5) is 18.9 Å². The number of hydrogen-bond acceptors (Lipinski definition) is 5. The lowest BCUT2D eigenvalue weighted by atomic mass is 9.94. The van der Waals surface area contributed by atoms with Crippen molar-refractivity contribution >= 4 is 23.1 Å². The molecule has 0 aromatic heterocycles. The van der Waals surface area contributed by atoms with Crippen LogP contribution in [0.2, 0.25) is 0 Å². The SMILES string of the molecule is COc1ccc([C@H]2C(=C(O)c3ccccc3)C(=O)C(=O)N2c2cccc(C(F)(F)F)c2)cc1OC. The number of carbonyl (C=O) groups excluding carboxylic acids is 2. The van der Waals surface area contributed by atoms with Crippen molar-refractivity contribution in [2.24, 2.45) is 0 Å². The Morgan fingerprint density at radius 3 is 2.20 bits per heavy atom. The van der Waals surface area contributed by atoms with E-state index in [2.05, 4.69) is 0 Å². The predicted octanol–water partition coefficient (Wildman–Crippen LogP) is 5.35. The topological polar surface area (TPSA) is 76.1 Å². The third kappa shape index (κ3) is 4.32. The van der Waals surface area contributed by atoms with Gasteiger partial charge in [-0.3, -0.25) is 14.5 Å². The van der Waals surface area contributed by atoms with Crippen LogP contribution in [-0.4, -0.2) is 31.0 Å². The summed E-state index contributed by atoms with van der Waals surface area (Å²) in [6.07, 6.45) is -4.66. The number of aliphatic hydroxyl groups is 1. The zero-order chi connectivity index (χ0) is 25.3. The number of ketones is 1. The van der Waals surface area contributed by atoms with Gasteiger partial charge in [0.15, 0.2) is 11.5 Å². The van der Waals surface area contributed by atoms with Crippen LogP contribution >= 0.6 is 0 Å². The molecule has 180 valence electrons. The third-order valence-electron chi connectivity index (χ3n) is 5.67. The van der Waals surface area contributed by atoms with E-state index in [0.29, 0.717) is 11.3 Å². The Morgan fingerprint density at radius 1 is 0.886 bits per heavy atom. The van der Waals surface area contributed by atoms with E-state index in [-0.39, 0.29) is 22.6 Å². The summed E-state index contributed by atoms with van der Waals surface area (Å²) in [6, 6.07) is 15.6. The van der Waals surface area contributed by atoms with E-state index in [1.165, 1.54) is 26.4 Å². The number of hydrogen-bond donors (Lipinski definition) is 1. The Kier molecular flexibility index (Phi) is 6.26. The van der Waals surface area contributed by atoms with Crippen LogP contribution in [0.1, 0.15) is 22.7 Å². The molecular weight excluding hydrogens is 463 g/mol. The number of methoxy groups -OCH3 is 2. The van der Waals surface area contributed by atoms with E-state index in [4.69, 9.17) is 9.47 Å². The Bertz CT molecular complexity index is 1320. The van der Waals surface area contributed by atoms with Crippen molar-refractivity contribution in [3.8, 4) is 11.5 Å². The minimum absolute atomic E-state index is 0.145. The first-order valence-electron chi connectivity index (χ1n) is 10.4. The monoisotopic (exact) mass is 483 g/mol. The number of anilines is 1. The van der Waals surface area contributed by atoms with Crippen molar-refractivity contribution in [3.05, 3.63) is 95.1 Å². The van der Waals surface area contributed by atoms with E-state index in [9.17, 15) is 27.9 Å². The van der Waals surface area contributed by atoms with E-state index in [1.54, 1.807) is 42.5 Å².